The number of anilines is 1. The molecule has 3 aromatic heterocycles. The lowest BCUT2D eigenvalue weighted by Gasteiger charge is -2.42. The number of aryl methyl sites for hydroxylation is 1. The lowest BCUT2D eigenvalue weighted by atomic mass is 9.89. The predicted molar refractivity (Wildman–Crippen MR) is 176 cm³/mol. The second-order valence-corrected chi connectivity index (χ2v) is 12.8. The summed E-state index contributed by atoms with van der Waals surface area (Å²) in [4.78, 5) is 10.3. The molecular weight excluding hydrogens is 620 g/mol. The summed E-state index contributed by atoms with van der Waals surface area (Å²) in [6.45, 7) is 15.8. The van der Waals surface area contributed by atoms with Crippen molar-refractivity contribution in [1.82, 2.24) is 29.0 Å². The molecule has 13 heteroatoms. The van der Waals surface area contributed by atoms with Gasteiger partial charge in [-0.05, 0) is 62.3 Å². The molecule has 2 fully saturated rings. The summed E-state index contributed by atoms with van der Waals surface area (Å²) in [5, 5.41) is 4.05. The number of hydrogen-bond donors (Lipinski definition) is 1. The number of fused-ring (bicyclic) bond motifs is 2. The number of aromatic nitrogens is 5. The third-order valence-corrected chi connectivity index (χ3v) is 7.99. The molecule has 6 rings (SSSR count). The van der Waals surface area contributed by atoms with E-state index in [-0.39, 0.29) is 52.3 Å². The second kappa shape index (κ2) is 15.7. The van der Waals surface area contributed by atoms with Crippen LogP contribution in [-0.4, -0.2) is 60.5 Å². The van der Waals surface area contributed by atoms with Crippen LogP contribution in [0.3, 0.4) is 0 Å². The van der Waals surface area contributed by atoms with Crippen LogP contribution in [0.25, 0.3) is 27.7 Å². The standard InChI is InChI=1S/C21H22F4N6.C9H15F2N.2C2H6/c1-10-27-18-12(22)5-11(6-15(18)30(10)9-16(24)25)17-13(23)8-31-19(17)14(7-21(2,3)4)28-20(26)29-31;10-9(11)5-2-6-12(7-9)8-3-1-4-8;2*1-2/h5-6,8,16H,7,9H2,1-4H3,(H2,26,29);8H,1-7H2;2*1-2H3. The van der Waals surface area contributed by atoms with Gasteiger partial charge in [-0.2, -0.15) is 0 Å². The van der Waals surface area contributed by atoms with Crippen molar-refractivity contribution >= 4 is 22.5 Å². The Balaban J connectivity index is 0.000000311. The summed E-state index contributed by atoms with van der Waals surface area (Å²) in [6.07, 6.45) is 3.23. The molecule has 4 aromatic rings. The Kier molecular flexibility index (Phi) is 12.7. The van der Waals surface area contributed by atoms with Crippen LogP contribution in [0.4, 0.5) is 32.3 Å². The summed E-state index contributed by atoms with van der Waals surface area (Å²) < 4.78 is 84.5. The highest BCUT2D eigenvalue weighted by molar-refractivity contribution is 5.89. The number of imidazole rings is 1. The SMILES string of the molecule is CC.CC.Cc1nc2c(F)cc(-c3c(F)cn4nc(N)nc(CC(C)(C)C)c34)cc2n1CC(F)F.FC1(F)CCCN(C2CCC2)C1. The van der Waals surface area contributed by atoms with Crippen LogP contribution in [0, 0.1) is 24.0 Å². The summed E-state index contributed by atoms with van der Waals surface area (Å²) in [7, 11) is 0. The number of hydrogen-bond acceptors (Lipinski definition) is 5. The van der Waals surface area contributed by atoms with Gasteiger partial charge in [0.1, 0.15) is 11.3 Å². The number of nitrogens with two attached hydrogens (primary N) is 1. The zero-order valence-corrected chi connectivity index (χ0v) is 28.8. The van der Waals surface area contributed by atoms with Crippen molar-refractivity contribution in [2.24, 2.45) is 5.41 Å². The molecule has 47 heavy (non-hydrogen) atoms. The maximum absolute atomic E-state index is 15.1. The van der Waals surface area contributed by atoms with Gasteiger partial charge in [-0.15, -0.1) is 5.10 Å². The van der Waals surface area contributed by atoms with E-state index in [2.05, 4.69) is 15.1 Å². The van der Waals surface area contributed by atoms with Crippen molar-refractivity contribution in [2.45, 2.75) is 119 Å². The quantitative estimate of drug-likeness (QED) is 0.215. The lowest BCUT2D eigenvalue weighted by Crippen LogP contribution is -2.50. The first-order valence-corrected chi connectivity index (χ1v) is 16.5. The molecule has 0 atom stereocenters. The molecule has 0 spiro atoms. The van der Waals surface area contributed by atoms with Crippen LogP contribution in [0.2, 0.25) is 0 Å². The van der Waals surface area contributed by atoms with E-state index in [9.17, 15) is 22.0 Å². The van der Waals surface area contributed by atoms with Crippen LogP contribution < -0.4 is 5.73 Å². The Bertz CT molecular complexity index is 1620. The van der Waals surface area contributed by atoms with Gasteiger partial charge in [0.05, 0.1) is 36.0 Å². The first kappa shape index (κ1) is 38.1. The monoisotopic (exact) mass is 669 g/mol. The van der Waals surface area contributed by atoms with Gasteiger partial charge in [-0.25, -0.2) is 40.8 Å². The zero-order valence-electron chi connectivity index (χ0n) is 28.8. The van der Waals surface area contributed by atoms with Crippen molar-refractivity contribution in [2.75, 3.05) is 18.8 Å². The molecule has 1 saturated heterocycles. The van der Waals surface area contributed by atoms with Crippen molar-refractivity contribution in [3.63, 3.8) is 0 Å². The van der Waals surface area contributed by atoms with Crippen molar-refractivity contribution in [3.8, 4) is 11.1 Å². The number of likely N-dealkylation sites (tertiary alicyclic amines) is 1. The minimum absolute atomic E-state index is 0.0116. The van der Waals surface area contributed by atoms with E-state index in [1.54, 1.807) is 0 Å². The number of nitrogen functional groups attached to an aromatic ring is 1. The largest absolute Gasteiger partial charge is 0.367 e. The Hall–Kier alpha value is -3.35. The molecule has 1 saturated carbocycles. The number of piperidine rings is 1. The van der Waals surface area contributed by atoms with Crippen LogP contribution in [0.5, 0.6) is 0 Å². The van der Waals surface area contributed by atoms with Crippen molar-refractivity contribution < 1.29 is 26.3 Å². The maximum atomic E-state index is 15.1. The first-order chi connectivity index (χ1) is 22.1. The van der Waals surface area contributed by atoms with Crippen LogP contribution in [-0.2, 0) is 13.0 Å². The molecule has 1 aliphatic heterocycles. The Morgan fingerprint density at radius 3 is 2.21 bits per heavy atom. The van der Waals surface area contributed by atoms with E-state index in [1.807, 2.05) is 53.4 Å². The number of benzene rings is 1. The highest BCUT2D eigenvalue weighted by Crippen LogP contribution is 2.36. The van der Waals surface area contributed by atoms with E-state index in [0.29, 0.717) is 30.1 Å². The first-order valence-electron chi connectivity index (χ1n) is 16.5. The summed E-state index contributed by atoms with van der Waals surface area (Å²) in [5.41, 5.74) is 6.87. The van der Waals surface area contributed by atoms with E-state index >= 15 is 4.39 Å². The third kappa shape index (κ3) is 9.17. The minimum atomic E-state index is -2.65. The Morgan fingerprint density at radius 2 is 1.66 bits per heavy atom. The molecule has 2 N–H and O–H groups in total. The Labute approximate surface area is 273 Å². The molecule has 0 unspecified atom stereocenters. The van der Waals surface area contributed by atoms with Crippen LogP contribution in [0.15, 0.2) is 18.3 Å². The van der Waals surface area contributed by atoms with Gasteiger partial charge in [0.2, 0.25) is 5.95 Å². The number of nitrogens with zero attached hydrogens (tertiary/aromatic N) is 6. The van der Waals surface area contributed by atoms with Crippen LogP contribution >= 0.6 is 0 Å². The fourth-order valence-electron chi connectivity index (χ4n) is 5.91. The Morgan fingerprint density at radius 1 is 1.00 bits per heavy atom. The summed E-state index contributed by atoms with van der Waals surface area (Å²) in [5.74, 6) is -3.55. The van der Waals surface area contributed by atoms with E-state index < -0.39 is 30.5 Å². The van der Waals surface area contributed by atoms with Gasteiger partial charge in [0.15, 0.2) is 11.6 Å². The minimum Gasteiger partial charge on any atom is -0.367 e. The molecule has 1 aromatic carbocycles. The average Bonchev–Trinajstić information content (AvgIpc) is 3.44. The molecular formula is C34H49F6N7. The smallest absolute Gasteiger partial charge is 0.260 e. The average molecular weight is 670 g/mol. The van der Waals surface area contributed by atoms with Crippen molar-refractivity contribution in [1.29, 1.82) is 0 Å². The highest BCUT2D eigenvalue weighted by Gasteiger charge is 2.39. The molecule has 2 aliphatic rings. The van der Waals surface area contributed by atoms with Crippen molar-refractivity contribution in [3.05, 3.63) is 41.5 Å². The normalized spacial score (nSPS) is 16.6. The summed E-state index contributed by atoms with van der Waals surface area (Å²) >= 11 is 0. The van der Waals surface area contributed by atoms with Crippen LogP contribution in [0.1, 0.15) is 92.1 Å². The number of alkyl halides is 4. The zero-order chi connectivity index (χ0) is 35.3. The molecule has 0 bridgehead atoms. The number of rotatable bonds is 5. The highest BCUT2D eigenvalue weighted by atomic mass is 19.3. The number of halogens is 6. The molecule has 0 radical (unpaired) electrons. The van der Waals surface area contributed by atoms with Gasteiger partial charge in [0, 0.05) is 18.0 Å². The van der Waals surface area contributed by atoms with Gasteiger partial charge < -0.3 is 10.3 Å². The van der Waals surface area contributed by atoms with Gasteiger partial charge >= 0.3 is 0 Å². The molecule has 7 nitrogen and oxygen atoms in total. The maximum Gasteiger partial charge on any atom is 0.260 e. The predicted octanol–water partition coefficient (Wildman–Crippen LogP) is 9.09. The van der Waals surface area contributed by atoms with Gasteiger partial charge in [-0.1, -0.05) is 54.9 Å². The molecule has 0 amide bonds. The lowest BCUT2D eigenvalue weighted by molar-refractivity contribution is -0.0833. The van der Waals surface area contributed by atoms with E-state index in [0.717, 1.165) is 31.6 Å². The van der Waals surface area contributed by atoms with E-state index in [1.165, 1.54) is 28.5 Å². The molecule has 4 heterocycles. The molecule has 1 aliphatic carbocycles. The fourth-order valence-corrected chi connectivity index (χ4v) is 5.91. The topological polar surface area (TPSA) is 77.3 Å². The summed E-state index contributed by atoms with van der Waals surface area (Å²) in [6, 6.07) is 3.10. The fraction of sp³-hybridized carbons (Fsp3) is 0.618. The van der Waals surface area contributed by atoms with Gasteiger partial charge in [0.25, 0.3) is 12.3 Å². The van der Waals surface area contributed by atoms with Gasteiger partial charge in [-0.3, -0.25) is 4.90 Å². The second-order valence-electron chi connectivity index (χ2n) is 12.8. The molecule has 262 valence electrons. The van der Waals surface area contributed by atoms with E-state index in [4.69, 9.17) is 5.73 Å². The third-order valence-electron chi connectivity index (χ3n) is 7.99.